The lowest BCUT2D eigenvalue weighted by atomic mass is 10.0. The zero-order valence-electron chi connectivity index (χ0n) is 79.0. The van der Waals surface area contributed by atoms with Crippen LogP contribution in [-0.4, -0.2) is 354 Å². The van der Waals surface area contributed by atoms with E-state index in [0.29, 0.717) is 14.4 Å². The van der Waals surface area contributed by atoms with Crippen LogP contribution in [0.2, 0.25) is 0 Å². The number of alkyl halides is 11. The van der Waals surface area contributed by atoms with Crippen LogP contribution >= 0.6 is 144 Å². The molecule has 0 saturated carbocycles. The van der Waals surface area contributed by atoms with Crippen molar-refractivity contribution < 1.29 is 18.3 Å². The Morgan fingerprint density at radius 1 is 0.325 bits per heavy atom. The number of thioether (sulfide) groups is 3. The highest BCUT2D eigenvalue weighted by Crippen LogP contribution is 2.19. The fourth-order valence-corrected chi connectivity index (χ4v) is 14.9. The van der Waals surface area contributed by atoms with Gasteiger partial charge in [-0.3, -0.25) is 13.7 Å². The molecule has 0 spiro atoms. The van der Waals surface area contributed by atoms with E-state index in [4.69, 9.17) is 9.47 Å². The Morgan fingerprint density at radius 2 is 0.570 bits per heavy atom. The van der Waals surface area contributed by atoms with Gasteiger partial charge < -0.3 is 48.7 Å². The standard InChI is InChI=1S/2C10H21N.C8H17NO.C8H17NS.C7H15N.2C7H8.C6H13N.C5H11NO.2C5H11NS.CH3Br.8CH3Cl.2CH3F/c2*1-9(2)8-11-7-5-4-6-10(11)3;2*1-8(2)7-9-3-5-10-6-4-9;1-7-5-3-4-6-8(7)2;3*1-7-5-3-2-4-6-7;3*1-6-2-4-7-5-3-6;11*1-2/h2*9-10H,4-8H2,1-3H3;2*8H,3-7H2,1-2H3;7H,3-6H2,1-2H3;2*2-6H,1H3;2-6H2,1H3;3*2-5H2,1H3;11*1H3. The van der Waals surface area contributed by atoms with Gasteiger partial charge in [0.1, 0.15) is 0 Å². The molecule has 0 N–H and O–H groups in total. The molecule has 11 nitrogen and oxygen atoms in total. The third-order valence-corrected chi connectivity index (χ3v) is 20.7. The van der Waals surface area contributed by atoms with E-state index in [1.54, 1.807) is 0 Å². The Balaban J connectivity index is -0.000000111. The Labute approximate surface area is 772 Å². The average molecular weight is 1910 g/mol. The molecular formula is C89H186BrCl8F2N9O2S3. The van der Waals surface area contributed by atoms with E-state index in [1.165, 1.54) is 272 Å². The summed E-state index contributed by atoms with van der Waals surface area (Å²) in [5, 5.41) is 0. The summed E-state index contributed by atoms with van der Waals surface area (Å²) in [5.74, 6) is 13.1. The number of likely N-dealkylation sites (tertiary alicyclic amines) is 4. The highest BCUT2D eigenvalue weighted by molar-refractivity contribution is 9.08. The largest absolute Gasteiger partial charge is 0.379 e. The number of aryl methyl sites for hydroxylation is 2. The second-order valence-corrected chi connectivity index (χ2v) is 33.0. The lowest BCUT2D eigenvalue weighted by Crippen LogP contribution is -2.39. The van der Waals surface area contributed by atoms with Crippen molar-refractivity contribution >= 4 is 144 Å². The lowest BCUT2D eigenvalue weighted by Gasteiger charge is -2.34. The molecule has 3 unspecified atom stereocenters. The molecule has 2 aromatic carbocycles. The fraction of sp³-hybridized carbons (Fsp3) is 0.865. The van der Waals surface area contributed by atoms with Gasteiger partial charge in [0.15, 0.2) is 0 Å². The van der Waals surface area contributed by atoms with Crippen LogP contribution in [0.1, 0.15) is 164 Å². The van der Waals surface area contributed by atoms with Crippen LogP contribution in [-0.2, 0) is 9.47 Å². The zero-order chi connectivity index (χ0) is 90.0. The van der Waals surface area contributed by atoms with Crippen LogP contribution in [0.15, 0.2) is 60.7 Å². The molecule has 9 heterocycles. The minimum Gasteiger partial charge on any atom is -0.379 e. The van der Waals surface area contributed by atoms with Gasteiger partial charge >= 0.3 is 0 Å². The number of halogens is 11. The normalized spacial score (nSPS) is 19.4. The van der Waals surface area contributed by atoms with Crippen LogP contribution < -0.4 is 0 Å². The van der Waals surface area contributed by atoms with Gasteiger partial charge in [-0.15, -0.1) is 92.8 Å². The number of hydrogen-bond acceptors (Lipinski definition) is 14. The molecule has 9 fully saturated rings. The molecule has 11 rings (SSSR count). The molecular weight excluding hydrogens is 1720 g/mol. The zero-order valence-corrected chi connectivity index (χ0v) is 89.1. The van der Waals surface area contributed by atoms with Crippen molar-refractivity contribution in [3.63, 3.8) is 0 Å². The van der Waals surface area contributed by atoms with Gasteiger partial charge in [0, 0.05) is 195 Å². The molecule has 2 aromatic rings. The van der Waals surface area contributed by atoms with E-state index in [0.717, 1.165) is 94.4 Å². The first kappa shape index (κ1) is 139. The molecule has 9 aliphatic heterocycles. The minimum absolute atomic E-state index is 0.500. The summed E-state index contributed by atoms with van der Waals surface area (Å²) in [4.78, 5) is 22.1. The number of nitrogens with zero attached hydrogens (tertiary/aromatic N) is 9. The first-order chi connectivity index (χ1) is 55.1. The SMILES string of the molecule is CBr.CC(C)CN1CCCCC1C.CC(C)CN1CCCCC1C.CC(C)CN1CCOCC1.CC(C)CN1CCSCC1.CC1CCCCN1C.CCl.CCl.CCl.CCl.CCl.CCl.CCl.CCl.CF.CF.CN1CCCCC1.CN1CCOCC1.CN1CCSCC1.CN1CCSCC1.Cc1ccccc1.Cc1ccccc1. The number of piperidine rings is 4. The van der Waals surface area contributed by atoms with Crippen LogP contribution in [0.4, 0.5) is 8.78 Å². The summed E-state index contributed by atoms with van der Waals surface area (Å²) in [5.41, 5.74) is 2.64. The van der Waals surface area contributed by atoms with Crippen molar-refractivity contribution in [1.82, 2.24) is 44.1 Å². The van der Waals surface area contributed by atoms with E-state index in [9.17, 15) is 8.78 Å². The van der Waals surface area contributed by atoms with Gasteiger partial charge in [0.25, 0.3) is 0 Å². The van der Waals surface area contributed by atoms with Crippen LogP contribution in [0.5, 0.6) is 0 Å². The van der Waals surface area contributed by atoms with E-state index in [1.807, 2.05) is 42.2 Å². The van der Waals surface area contributed by atoms with Gasteiger partial charge in [-0.25, -0.2) is 0 Å². The average Bonchev–Trinajstić information content (AvgIpc) is 0.904. The third-order valence-electron chi connectivity index (χ3n) is 17.8. The molecule has 114 heavy (non-hydrogen) atoms. The summed E-state index contributed by atoms with van der Waals surface area (Å²) < 4.78 is 29.3. The highest BCUT2D eigenvalue weighted by atomic mass is 79.9. The van der Waals surface area contributed by atoms with Crippen LogP contribution in [0.3, 0.4) is 0 Å². The maximum absolute atomic E-state index is 9.50. The van der Waals surface area contributed by atoms with Crippen molar-refractivity contribution in [2.75, 3.05) is 292 Å². The summed E-state index contributed by atoms with van der Waals surface area (Å²) >= 11 is 46.2. The number of benzene rings is 2. The molecule has 0 radical (unpaired) electrons. The maximum atomic E-state index is 9.50. The molecule has 3 atom stereocenters. The number of morpholine rings is 2. The molecule has 0 aromatic heterocycles. The quantitative estimate of drug-likeness (QED) is 0.236. The van der Waals surface area contributed by atoms with Crippen molar-refractivity contribution in [3.8, 4) is 0 Å². The number of rotatable bonds is 8. The smallest absolute Gasteiger partial charge is 0.0785 e. The van der Waals surface area contributed by atoms with Crippen molar-refractivity contribution in [1.29, 1.82) is 0 Å². The summed E-state index contributed by atoms with van der Waals surface area (Å²) in [6.45, 7) is 57.1. The molecule has 0 aliphatic carbocycles. The van der Waals surface area contributed by atoms with Crippen molar-refractivity contribution in [2.24, 2.45) is 23.7 Å². The first-order valence-electron chi connectivity index (χ1n) is 41.6. The Hall–Kier alpha value is 1.71. The summed E-state index contributed by atoms with van der Waals surface area (Å²) in [6, 6.07) is 23.0. The topological polar surface area (TPSA) is 47.6 Å². The second kappa shape index (κ2) is 119. The van der Waals surface area contributed by atoms with Gasteiger partial charge in [0.2, 0.25) is 0 Å². The van der Waals surface area contributed by atoms with Crippen LogP contribution in [0, 0.1) is 37.5 Å². The van der Waals surface area contributed by atoms with E-state index in [-0.39, 0.29) is 0 Å². The van der Waals surface area contributed by atoms with Crippen molar-refractivity contribution in [2.45, 2.75) is 185 Å². The lowest BCUT2D eigenvalue weighted by molar-refractivity contribution is 0.0329. The molecule has 694 valence electrons. The number of likely N-dealkylation sites (N-methyl/N-ethyl adjacent to an activating group) is 1. The molecule has 9 saturated heterocycles. The fourth-order valence-electron chi connectivity index (χ4n) is 11.7. The van der Waals surface area contributed by atoms with Gasteiger partial charge in [0.05, 0.1) is 40.8 Å². The van der Waals surface area contributed by atoms with Gasteiger partial charge in [-0.2, -0.15) is 35.3 Å². The van der Waals surface area contributed by atoms with E-state index >= 15 is 0 Å². The molecule has 25 heteroatoms. The molecule has 0 bridgehead atoms. The van der Waals surface area contributed by atoms with Crippen molar-refractivity contribution in [3.05, 3.63) is 71.8 Å². The second-order valence-electron chi connectivity index (χ2n) is 29.3. The minimum atomic E-state index is 0.500. The third kappa shape index (κ3) is 110. The Bertz CT molecular complexity index is 1730. The highest BCUT2D eigenvalue weighted by Gasteiger charge is 2.20. The van der Waals surface area contributed by atoms with Gasteiger partial charge in [-0.05, 0) is 183 Å². The predicted octanol–water partition coefficient (Wildman–Crippen LogP) is 24.6. The Kier molecular flexibility index (Phi) is 145. The van der Waals surface area contributed by atoms with E-state index in [2.05, 4.69) is 338 Å². The van der Waals surface area contributed by atoms with E-state index < -0.39 is 0 Å². The molecule has 9 aliphatic rings. The Morgan fingerprint density at radius 3 is 0.772 bits per heavy atom. The summed E-state index contributed by atoms with van der Waals surface area (Å²) in [7, 11) is 11.9. The van der Waals surface area contributed by atoms with Crippen LogP contribution in [0.25, 0.3) is 0 Å². The number of hydrogen-bond donors (Lipinski definition) is 0. The predicted molar refractivity (Wildman–Crippen MR) is 541 cm³/mol. The monoisotopic (exact) mass is 1910 g/mol. The number of ether oxygens (including phenoxy) is 2. The maximum Gasteiger partial charge on any atom is 0.0785 e. The summed E-state index contributed by atoms with van der Waals surface area (Å²) in [6.07, 6.45) is 28.8. The van der Waals surface area contributed by atoms with Gasteiger partial charge in [-0.1, -0.05) is 169 Å². The molecule has 0 amide bonds. The first-order valence-corrected chi connectivity index (χ1v) is 52.7.